The van der Waals surface area contributed by atoms with Gasteiger partial charge in [0.1, 0.15) is 5.25 Å². The molecule has 1 amide bonds. The summed E-state index contributed by atoms with van der Waals surface area (Å²) in [6.45, 7) is 8.26. The van der Waals surface area contributed by atoms with E-state index >= 15 is 0 Å². The molecule has 1 aliphatic heterocycles. The van der Waals surface area contributed by atoms with Crippen molar-refractivity contribution >= 4 is 33.2 Å². The molecule has 1 saturated heterocycles. The number of rotatable bonds is 7. The number of benzene rings is 1. The third kappa shape index (κ3) is 5.46. The van der Waals surface area contributed by atoms with Gasteiger partial charge in [0, 0.05) is 36.8 Å². The smallest absolute Gasteiger partial charge is 0.242 e. The molecular weight excluding hydrogens is 356 g/mol. The fourth-order valence-electron chi connectivity index (χ4n) is 2.85. The van der Waals surface area contributed by atoms with Crippen LogP contribution < -0.4 is 5.32 Å². The summed E-state index contributed by atoms with van der Waals surface area (Å²) in [6, 6.07) is 5.83. The minimum Gasteiger partial charge on any atom is -0.325 e. The Kier molecular flexibility index (Phi) is 7.34. The molecule has 1 N–H and O–H groups in total. The van der Waals surface area contributed by atoms with Gasteiger partial charge in [-0.25, -0.2) is 8.42 Å². The fourth-order valence-corrected chi connectivity index (χ4v) is 5.14. The van der Waals surface area contributed by atoms with Gasteiger partial charge in [0.15, 0.2) is 9.84 Å². The normalized spacial score (nSPS) is 17.2. The van der Waals surface area contributed by atoms with Gasteiger partial charge >= 0.3 is 0 Å². The highest BCUT2D eigenvalue weighted by Gasteiger charge is 2.27. The molecule has 1 fully saturated rings. The number of hydrogen-bond acceptors (Lipinski definition) is 5. The molecule has 7 heteroatoms. The quantitative estimate of drug-likeness (QED) is 0.783. The van der Waals surface area contributed by atoms with Crippen LogP contribution in [-0.2, 0) is 21.2 Å². The van der Waals surface area contributed by atoms with E-state index < -0.39 is 21.0 Å². The van der Waals surface area contributed by atoms with Gasteiger partial charge in [-0.15, -0.1) is 0 Å². The number of carbonyl (C=O) groups excluding carboxylic acids is 1. The number of amides is 1. The molecule has 5 nitrogen and oxygen atoms in total. The van der Waals surface area contributed by atoms with Crippen molar-refractivity contribution in [2.45, 2.75) is 39.0 Å². The summed E-state index contributed by atoms with van der Waals surface area (Å²) in [6.07, 6.45) is 0.516. The highest BCUT2D eigenvalue weighted by Crippen LogP contribution is 2.22. The molecular formula is C18H28N2O3S2. The van der Waals surface area contributed by atoms with Crippen molar-refractivity contribution in [2.24, 2.45) is 0 Å². The van der Waals surface area contributed by atoms with E-state index in [1.165, 1.54) is 12.5 Å². The Morgan fingerprint density at radius 2 is 2.00 bits per heavy atom. The van der Waals surface area contributed by atoms with Gasteiger partial charge in [-0.05, 0) is 37.5 Å². The summed E-state index contributed by atoms with van der Waals surface area (Å²) in [7, 11) is -3.40. The van der Waals surface area contributed by atoms with Gasteiger partial charge in [0.05, 0.1) is 5.75 Å². The van der Waals surface area contributed by atoms with E-state index in [9.17, 15) is 13.2 Å². The molecule has 1 heterocycles. The predicted octanol–water partition coefficient (Wildman–Crippen LogP) is 2.70. The molecule has 1 aromatic carbocycles. The summed E-state index contributed by atoms with van der Waals surface area (Å²) in [5.41, 5.74) is 2.88. The van der Waals surface area contributed by atoms with E-state index in [1.54, 1.807) is 6.92 Å². The lowest BCUT2D eigenvalue weighted by atomic mass is 10.1. The van der Waals surface area contributed by atoms with Crippen molar-refractivity contribution in [3.63, 3.8) is 0 Å². The van der Waals surface area contributed by atoms with E-state index in [0.29, 0.717) is 12.1 Å². The average molecular weight is 385 g/mol. The van der Waals surface area contributed by atoms with Crippen LogP contribution in [0.5, 0.6) is 0 Å². The van der Waals surface area contributed by atoms with Crippen LogP contribution in [0.3, 0.4) is 0 Å². The van der Waals surface area contributed by atoms with E-state index in [4.69, 9.17) is 0 Å². The second kappa shape index (κ2) is 9.05. The number of nitrogens with zero attached hydrogens (tertiary/aromatic N) is 1. The van der Waals surface area contributed by atoms with Gasteiger partial charge in [-0.2, -0.15) is 11.8 Å². The van der Waals surface area contributed by atoms with E-state index in [1.807, 2.05) is 30.8 Å². The second-order valence-corrected chi connectivity index (χ2v) is 10.1. The molecule has 0 spiro atoms. The minimum absolute atomic E-state index is 0.0353. The SMILES string of the molecule is CCCS(=O)(=O)C(C)C(=O)Nc1cccc(CN2CCSCC2)c1C. The number of carbonyl (C=O) groups is 1. The Balaban J connectivity index is 2.09. The lowest BCUT2D eigenvalue weighted by Crippen LogP contribution is -2.34. The van der Waals surface area contributed by atoms with Crippen LogP contribution in [0.2, 0.25) is 0 Å². The molecule has 140 valence electrons. The van der Waals surface area contributed by atoms with Gasteiger partial charge in [-0.3, -0.25) is 9.69 Å². The fraction of sp³-hybridized carbons (Fsp3) is 0.611. The van der Waals surface area contributed by atoms with Gasteiger partial charge in [0.25, 0.3) is 0 Å². The first-order valence-electron chi connectivity index (χ1n) is 8.76. The number of nitrogens with one attached hydrogen (secondary N) is 1. The zero-order valence-corrected chi connectivity index (χ0v) is 16.9. The Morgan fingerprint density at radius 1 is 1.32 bits per heavy atom. The summed E-state index contributed by atoms with van der Waals surface area (Å²) in [5.74, 6) is 1.89. The standard InChI is InChI=1S/C18H28N2O3S2/c1-4-12-25(22,23)15(3)18(21)19-17-7-5-6-16(14(17)2)13-20-8-10-24-11-9-20/h5-7,15H,4,8-13H2,1-3H3,(H,19,21). The number of thioether (sulfide) groups is 1. The Bertz CT molecular complexity index is 698. The first-order valence-corrected chi connectivity index (χ1v) is 11.6. The van der Waals surface area contributed by atoms with Gasteiger partial charge < -0.3 is 5.32 Å². The maximum Gasteiger partial charge on any atom is 0.242 e. The molecule has 25 heavy (non-hydrogen) atoms. The summed E-state index contributed by atoms with van der Waals surface area (Å²) < 4.78 is 24.2. The van der Waals surface area contributed by atoms with Crippen LogP contribution in [0.25, 0.3) is 0 Å². The predicted molar refractivity (Wildman–Crippen MR) is 106 cm³/mol. The van der Waals surface area contributed by atoms with Crippen molar-refractivity contribution in [2.75, 3.05) is 35.7 Å². The number of sulfone groups is 1. The van der Waals surface area contributed by atoms with Crippen molar-refractivity contribution in [1.29, 1.82) is 0 Å². The van der Waals surface area contributed by atoms with Crippen LogP contribution in [0.1, 0.15) is 31.4 Å². The molecule has 0 radical (unpaired) electrons. The van der Waals surface area contributed by atoms with Gasteiger partial charge in [-0.1, -0.05) is 19.1 Å². The Hall–Kier alpha value is -1.05. The van der Waals surface area contributed by atoms with Crippen LogP contribution in [0, 0.1) is 6.92 Å². The zero-order valence-electron chi connectivity index (χ0n) is 15.2. The molecule has 0 saturated carbocycles. The lowest BCUT2D eigenvalue weighted by Gasteiger charge is -2.27. The Labute approximate surface area is 155 Å². The highest BCUT2D eigenvalue weighted by atomic mass is 32.2. The molecule has 1 unspecified atom stereocenters. The van der Waals surface area contributed by atoms with Crippen LogP contribution in [0.4, 0.5) is 5.69 Å². The van der Waals surface area contributed by atoms with E-state index in [0.717, 1.165) is 36.7 Å². The lowest BCUT2D eigenvalue weighted by molar-refractivity contribution is -0.115. The summed E-state index contributed by atoms with van der Waals surface area (Å²) in [5, 5.41) is 1.78. The van der Waals surface area contributed by atoms with E-state index in [-0.39, 0.29) is 5.75 Å². The largest absolute Gasteiger partial charge is 0.325 e. The second-order valence-electron chi connectivity index (χ2n) is 6.48. The van der Waals surface area contributed by atoms with Crippen LogP contribution >= 0.6 is 11.8 Å². The average Bonchev–Trinajstić information content (AvgIpc) is 2.58. The molecule has 0 bridgehead atoms. The van der Waals surface area contributed by atoms with Crippen molar-refractivity contribution in [1.82, 2.24) is 4.90 Å². The van der Waals surface area contributed by atoms with Crippen LogP contribution in [-0.4, -0.2) is 54.8 Å². The molecule has 1 aromatic rings. The third-order valence-corrected chi connectivity index (χ3v) is 7.81. The number of hydrogen-bond donors (Lipinski definition) is 1. The van der Waals surface area contributed by atoms with Crippen LogP contribution in [0.15, 0.2) is 18.2 Å². The monoisotopic (exact) mass is 384 g/mol. The Morgan fingerprint density at radius 3 is 2.64 bits per heavy atom. The number of anilines is 1. The first kappa shape index (κ1) is 20.3. The summed E-state index contributed by atoms with van der Waals surface area (Å²) >= 11 is 1.98. The molecule has 2 rings (SSSR count). The topological polar surface area (TPSA) is 66.5 Å². The highest BCUT2D eigenvalue weighted by molar-refractivity contribution is 7.99. The molecule has 0 aromatic heterocycles. The van der Waals surface area contributed by atoms with Crippen molar-refractivity contribution in [3.8, 4) is 0 Å². The molecule has 0 aliphatic carbocycles. The molecule has 1 aliphatic rings. The van der Waals surface area contributed by atoms with E-state index in [2.05, 4.69) is 16.3 Å². The van der Waals surface area contributed by atoms with Crippen molar-refractivity contribution in [3.05, 3.63) is 29.3 Å². The third-order valence-electron chi connectivity index (χ3n) is 4.60. The summed E-state index contributed by atoms with van der Waals surface area (Å²) in [4.78, 5) is 14.8. The van der Waals surface area contributed by atoms with Crippen molar-refractivity contribution < 1.29 is 13.2 Å². The maximum absolute atomic E-state index is 12.4. The maximum atomic E-state index is 12.4. The first-order chi connectivity index (χ1) is 11.8. The zero-order chi connectivity index (χ0) is 18.4. The van der Waals surface area contributed by atoms with Gasteiger partial charge in [0.2, 0.25) is 5.91 Å². The molecule has 1 atom stereocenters. The minimum atomic E-state index is -3.40.